The lowest BCUT2D eigenvalue weighted by atomic mass is 9.47. The number of rotatable bonds is 2. The van der Waals surface area contributed by atoms with Gasteiger partial charge in [-0.1, -0.05) is 25.5 Å². The fourth-order valence-electron chi connectivity index (χ4n) is 7.55. The van der Waals surface area contributed by atoms with Crippen molar-refractivity contribution in [2.24, 2.45) is 28.6 Å². The Hall–Kier alpha value is -1.32. The maximum Gasteiger partial charge on any atom is 0.217 e. The van der Waals surface area contributed by atoms with Crippen molar-refractivity contribution >= 4 is 11.8 Å². The van der Waals surface area contributed by atoms with Crippen molar-refractivity contribution in [1.82, 2.24) is 10.6 Å². The first-order valence-corrected chi connectivity index (χ1v) is 11.0. The monoisotopic (exact) mass is 372 g/mol. The third-order valence-corrected chi connectivity index (χ3v) is 8.89. The summed E-state index contributed by atoms with van der Waals surface area (Å²) in [5.74, 6) is 2.48. The second kappa shape index (κ2) is 6.63. The molecule has 0 aromatic heterocycles. The fourth-order valence-corrected chi connectivity index (χ4v) is 7.55. The first kappa shape index (κ1) is 19.0. The van der Waals surface area contributed by atoms with Crippen LogP contribution in [0.4, 0.5) is 0 Å². The van der Waals surface area contributed by atoms with Crippen molar-refractivity contribution in [3.8, 4) is 0 Å². The van der Waals surface area contributed by atoms with Gasteiger partial charge in [-0.25, -0.2) is 0 Å². The smallest absolute Gasteiger partial charge is 0.217 e. The maximum atomic E-state index is 11.7. The van der Waals surface area contributed by atoms with Crippen LogP contribution in [0.25, 0.3) is 0 Å². The van der Waals surface area contributed by atoms with Gasteiger partial charge < -0.3 is 10.6 Å². The summed E-state index contributed by atoms with van der Waals surface area (Å²) in [6.07, 6.45) is 12.0. The van der Waals surface area contributed by atoms with Gasteiger partial charge in [0.1, 0.15) is 0 Å². The normalized spacial score (nSPS) is 45.8. The van der Waals surface area contributed by atoms with Crippen LogP contribution in [0.1, 0.15) is 79.1 Å². The minimum absolute atomic E-state index is 0.0984. The van der Waals surface area contributed by atoms with E-state index in [1.165, 1.54) is 32.1 Å². The molecule has 150 valence electrons. The van der Waals surface area contributed by atoms with Gasteiger partial charge in [0.25, 0.3) is 0 Å². The second-order valence-corrected chi connectivity index (χ2v) is 10.3. The Bertz CT molecular complexity index is 671. The molecule has 0 saturated heterocycles. The Kier molecular flexibility index (Phi) is 4.67. The van der Waals surface area contributed by atoms with Gasteiger partial charge in [0.15, 0.2) is 0 Å². The van der Waals surface area contributed by atoms with Gasteiger partial charge >= 0.3 is 0 Å². The lowest BCUT2D eigenvalue weighted by molar-refractivity contribution is -0.121. The number of nitrogens with one attached hydrogen (secondary N) is 2. The molecule has 0 unspecified atom stereocenters. The molecule has 0 aromatic carbocycles. The zero-order chi connectivity index (χ0) is 19.4. The standard InChI is InChI=1S/C23H36N2O2/c1-14(26)24-17-9-11-22(3)16(13-17)5-6-18-19-7-8-21(25-15(2)27)23(19,4)12-10-20(18)22/h5,17-21H,6-13H2,1-4H3,(H,24,26)(H,25,27)/t17-,18+,19+,20+,21+,22+,23+/m1/s1. The summed E-state index contributed by atoms with van der Waals surface area (Å²) in [4.78, 5) is 23.2. The lowest BCUT2D eigenvalue weighted by Crippen LogP contribution is -2.54. The van der Waals surface area contributed by atoms with Crippen LogP contribution in [-0.2, 0) is 9.59 Å². The largest absolute Gasteiger partial charge is 0.353 e. The van der Waals surface area contributed by atoms with Crippen molar-refractivity contribution in [1.29, 1.82) is 0 Å². The van der Waals surface area contributed by atoms with Gasteiger partial charge in [-0.2, -0.15) is 0 Å². The predicted molar refractivity (Wildman–Crippen MR) is 107 cm³/mol. The summed E-state index contributed by atoms with van der Waals surface area (Å²) in [7, 11) is 0. The van der Waals surface area contributed by atoms with Crippen LogP contribution < -0.4 is 10.6 Å². The molecular weight excluding hydrogens is 336 g/mol. The van der Waals surface area contributed by atoms with Crippen LogP contribution in [-0.4, -0.2) is 23.9 Å². The third-order valence-electron chi connectivity index (χ3n) is 8.89. The molecule has 0 spiro atoms. The third kappa shape index (κ3) is 3.03. The molecule has 4 heteroatoms. The first-order chi connectivity index (χ1) is 12.7. The highest BCUT2D eigenvalue weighted by Crippen LogP contribution is 2.64. The minimum Gasteiger partial charge on any atom is -0.353 e. The van der Waals surface area contributed by atoms with E-state index < -0.39 is 0 Å². The molecule has 7 atom stereocenters. The van der Waals surface area contributed by atoms with Gasteiger partial charge in [0.05, 0.1) is 0 Å². The summed E-state index contributed by atoms with van der Waals surface area (Å²) in [6.45, 7) is 8.23. The zero-order valence-corrected chi connectivity index (χ0v) is 17.4. The van der Waals surface area contributed by atoms with Crippen molar-refractivity contribution in [2.75, 3.05) is 0 Å². The average molecular weight is 373 g/mol. The number of carbonyl (C=O) groups excluding carboxylic acids is 2. The summed E-state index contributed by atoms with van der Waals surface area (Å²) in [5, 5.41) is 6.42. The maximum absolute atomic E-state index is 11.7. The molecular formula is C23H36N2O2. The zero-order valence-electron chi connectivity index (χ0n) is 17.4. The molecule has 2 amide bonds. The molecule has 4 aliphatic rings. The Morgan fingerprint density at radius 2 is 1.70 bits per heavy atom. The highest BCUT2D eigenvalue weighted by atomic mass is 16.2. The van der Waals surface area contributed by atoms with Crippen molar-refractivity contribution in [3.63, 3.8) is 0 Å². The van der Waals surface area contributed by atoms with Gasteiger partial charge in [-0.3, -0.25) is 9.59 Å². The highest BCUT2D eigenvalue weighted by molar-refractivity contribution is 5.73. The average Bonchev–Trinajstić information content (AvgIpc) is 2.91. The quantitative estimate of drug-likeness (QED) is 0.721. The molecule has 0 aromatic rings. The van der Waals surface area contributed by atoms with E-state index in [1.54, 1.807) is 19.4 Å². The van der Waals surface area contributed by atoms with Crippen molar-refractivity contribution in [2.45, 2.75) is 91.1 Å². The molecule has 4 rings (SSSR count). The molecule has 27 heavy (non-hydrogen) atoms. The van der Waals surface area contributed by atoms with Crippen molar-refractivity contribution < 1.29 is 9.59 Å². The summed E-state index contributed by atoms with van der Waals surface area (Å²) < 4.78 is 0. The van der Waals surface area contributed by atoms with E-state index in [0.717, 1.165) is 37.0 Å². The molecule has 4 aliphatic carbocycles. The van der Waals surface area contributed by atoms with E-state index in [2.05, 4.69) is 30.6 Å². The first-order valence-electron chi connectivity index (χ1n) is 11.0. The van der Waals surface area contributed by atoms with E-state index >= 15 is 0 Å². The van der Waals surface area contributed by atoms with Gasteiger partial charge in [-0.15, -0.1) is 0 Å². The summed E-state index contributed by atoms with van der Waals surface area (Å²) in [5.41, 5.74) is 2.18. The number of hydrogen-bond donors (Lipinski definition) is 2. The summed E-state index contributed by atoms with van der Waals surface area (Å²) >= 11 is 0. The number of hydrogen-bond acceptors (Lipinski definition) is 2. The molecule has 0 aliphatic heterocycles. The molecule has 0 heterocycles. The van der Waals surface area contributed by atoms with Crippen LogP contribution >= 0.6 is 0 Å². The molecule has 2 N–H and O–H groups in total. The van der Waals surface area contributed by atoms with Gasteiger partial charge in [0.2, 0.25) is 11.8 Å². The number of allylic oxidation sites excluding steroid dienone is 1. The van der Waals surface area contributed by atoms with Crippen LogP contribution in [0, 0.1) is 28.6 Å². The van der Waals surface area contributed by atoms with E-state index in [-0.39, 0.29) is 17.2 Å². The van der Waals surface area contributed by atoms with Gasteiger partial charge in [-0.05, 0) is 80.0 Å². The molecule has 4 nitrogen and oxygen atoms in total. The number of fused-ring (bicyclic) bond motifs is 5. The molecule has 0 bridgehead atoms. The minimum atomic E-state index is 0.0984. The van der Waals surface area contributed by atoms with E-state index in [0.29, 0.717) is 17.5 Å². The molecule has 3 fully saturated rings. The van der Waals surface area contributed by atoms with E-state index in [4.69, 9.17) is 0 Å². The highest BCUT2D eigenvalue weighted by Gasteiger charge is 2.58. The Labute approximate surface area is 163 Å². The van der Waals surface area contributed by atoms with Crippen LogP contribution in [0.15, 0.2) is 11.6 Å². The molecule has 0 radical (unpaired) electrons. The number of carbonyl (C=O) groups is 2. The van der Waals surface area contributed by atoms with E-state index in [9.17, 15) is 9.59 Å². The SMILES string of the molecule is CC(=O)N[C@@H]1CC[C@@]2(C)C(=CC[C@H]3[C@@H]4CC[C@H](NC(C)=O)[C@@]4(C)CC[C@@H]32)C1. The van der Waals surface area contributed by atoms with Crippen molar-refractivity contribution in [3.05, 3.63) is 11.6 Å². The van der Waals surface area contributed by atoms with Gasteiger partial charge in [0, 0.05) is 25.9 Å². The van der Waals surface area contributed by atoms with E-state index in [1.807, 2.05) is 0 Å². The second-order valence-electron chi connectivity index (χ2n) is 10.3. The molecule has 3 saturated carbocycles. The Morgan fingerprint density at radius 3 is 2.41 bits per heavy atom. The Balaban J connectivity index is 1.55. The van der Waals surface area contributed by atoms with Crippen LogP contribution in [0.2, 0.25) is 0 Å². The lowest BCUT2D eigenvalue weighted by Gasteiger charge is -2.58. The fraction of sp³-hybridized carbons (Fsp3) is 0.826. The summed E-state index contributed by atoms with van der Waals surface area (Å²) in [6, 6.07) is 0.678. The Morgan fingerprint density at radius 1 is 0.963 bits per heavy atom. The van der Waals surface area contributed by atoms with Crippen LogP contribution in [0.3, 0.4) is 0 Å². The predicted octanol–water partition coefficient (Wildman–Crippen LogP) is 3.96. The topological polar surface area (TPSA) is 58.2 Å². The van der Waals surface area contributed by atoms with Crippen LogP contribution in [0.5, 0.6) is 0 Å². The number of amides is 2.